The van der Waals surface area contributed by atoms with Gasteiger partial charge in [-0.1, -0.05) is 53.5 Å². The Hall–Kier alpha value is -2.04. The first-order valence-electron chi connectivity index (χ1n) is 7.60. The number of benzene rings is 2. The first-order chi connectivity index (χ1) is 11.5. The minimum absolute atomic E-state index is 0.246. The van der Waals surface area contributed by atoms with E-state index in [1.54, 1.807) is 18.2 Å². The number of hydrogen-bond donors (Lipinski definition) is 2. The molecule has 2 aromatic rings. The summed E-state index contributed by atoms with van der Waals surface area (Å²) in [6, 6.07) is 14.4. The number of hydrogen-bond acceptors (Lipinski definition) is 2. The van der Waals surface area contributed by atoms with Gasteiger partial charge >= 0.3 is 0 Å². The first-order valence-corrected chi connectivity index (χ1v) is 8.36. The van der Waals surface area contributed by atoms with Gasteiger partial charge in [0.2, 0.25) is 11.8 Å². The second-order valence-corrected chi connectivity index (χ2v) is 6.65. The highest BCUT2D eigenvalue weighted by Gasteiger charge is 2.56. The molecule has 0 saturated heterocycles. The maximum absolute atomic E-state index is 12.5. The van der Waals surface area contributed by atoms with Crippen LogP contribution in [0, 0.1) is 5.41 Å². The molecular formula is C18H16Cl2N2O2. The summed E-state index contributed by atoms with van der Waals surface area (Å²) in [6.45, 7) is 0.404. The van der Waals surface area contributed by atoms with Crippen LogP contribution in [0.25, 0.3) is 0 Å². The number of carbonyl (C=O) groups is 2. The number of halogens is 2. The zero-order chi connectivity index (χ0) is 17.2. The third kappa shape index (κ3) is 3.55. The average molecular weight is 363 g/mol. The summed E-state index contributed by atoms with van der Waals surface area (Å²) < 4.78 is 0. The molecule has 0 aromatic heterocycles. The van der Waals surface area contributed by atoms with Crippen LogP contribution in [-0.2, 0) is 16.1 Å². The van der Waals surface area contributed by atoms with Gasteiger partial charge in [-0.25, -0.2) is 0 Å². The lowest BCUT2D eigenvalue weighted by atomic mass is 10.0. The van der Waals surface area contributed by atoms with Crippen molar-refractivity contribution in [1.82, 2.24) is 5.32 Å². The second-order valence-electron chi connectivity index (χ2n) is 5.83. The highest BCUT2D eigenvalue weighted by atomic mass is 35.5. The van der Waals surface area contributed by atoms with Gasteiger partial charge in [0.1, 0.15) is 5.41 Å². The van der Waals surface area contributed by atoms with Crippen LogP contribution in [0.2, 0.25) is 10.0 Å². The minimum atomic E-state index is -0.985. The van der Waals surface area contributed by atoms with E-state index in [1.807, 2.05) is 30.3 Å². The molecule has 2 N–H and O–H groups in total. The summed E-state index contributed by atoms with van der Waals surface area (Å²) in [7, 11) is 0. The zero-order valence-corrected chi connectivity index (χ0v) is 14.3. The predicted molar refractivity (Wildman–Crippen MR) is 95.0 cm³/mol. The number of rotatable bonds is 5. The fourth-order valence-electron chi connectivity index (χ4n) is 2.45. The molecule has 0 spiro atoms. The molecule has 0 bridgehead atoms. The number of carbonyl (C=O) groups excluding carboxylic acids is 2. The SMILES string of the molecule is O=C(NCc1ccccc1)C1(C(=O)Nc2ccc(Cl)c(Cl)c2)CC1. The van der Waals surface area contributed by atoms with E-state index >= 15 is 0 Å². The molecule has 1 fully saturated rings. The van der Waals surface area contributed by atoms with E-state index in [0.29, 0.717) is 35.1 Å². The lowest BCUT2D eigenvalue weighted by Gasteiger charge is -2.16. The third-order valence-corrected chi connectivity index (χ3v) is 4.83. The van der Waals surface area contributed by atoms with Crippen molar-refractivity contribution in [3.8, 4) is 0 Å². The maximum Gasteiger partial charge on any atom is 0.240 e. The van der Waals surface area contributed by atoms with Gasteiger partial charge in [0.15, 0.2) is 0 Å². The van der Waals surface area contributed by atoms with E-state index in [9.17, 15) is 9.59 Å². The van der Waals surface area contributed by atoms with Crippen LogP contribution in [0.1, 0.15) is 18.4 Å². The Morgan fingerprint density at radius 2 is 1.67 bits per heavy atom. The largest absolute Gasteiger partial charge is 0.351 e. The first kappa shape index (κ1) is 16.8. The maximum atomic E-state index is 12.5. The summed E-state index contributed by atoms with van der Waals surface area (Å²) in [5.74, 6) is -0.560. The summed E-state index contributed by atoms with van der Waals surface area (Å²) >= 11 is 11.8. The van der Waals surface area contributed by atoms with Gasteiger partial charge in [-0.05, 0) is 36.6 Å². The molecule has 2 amide bonds. The standard InChI is InChI=1S/C18H16Cl2N2O2/c19-14-7-6-13(10-15(14)20)22-17(24)18(8-9-18)16(23)21-11-12-4-2-1-3-5-12/h1-7,10H,8-9,11H2,(H,21,23)(H,22,24). The van der Waals surface area contributed by atoms with E-state index in [0.717, 1.165) is 5.56 Å². The summed E-state index contributed by atoms with van der Waals surface area (Å²) in [6.07, 6.45) is 1.08. The fraction of sp³-hybridized carbons (Fsp3) is 0.222. The molecule has 1 saturated carbocycles. The number of amides is 2. The van der Waals surface area contributed by atoms with Crippen molar-refractivity contribution in [2.24, 2.45) is 5.41 Å². The van der Waals surface area contributed by atoms with Crippen LogP contribution in [0.15, 0.2) is 48.5 Å². The van der Waals surface area contributed by atoms with Crippen LogP contribution < -0.4 is 10.6 Å². The van der Waals surface area contributed by atoms with Gasteiger partial charge in [0.05, 0.1) is 10.0 Å². The van der Waals surface area contributed by atoms with Crippen molar-refractivity contribution >= 4 is 40.7 Å². The smallest absolute Gasteiger partial charge is 0.240 e. The molecule has 24 heavy (non-hydrogen) atoms. The van der Waals surface area contributed by atoms with Gasteiger partial charge in [-0.2, -0.15) is 0 Å². The highest BCUT2D eigenvalue weighted by molar-refractivity contribution is 6.42. The summed E-state index contributed by atoms with van der Waals surface area (Å²) in [4.78, 5) is 24.9. The number of nitrogens with one attached hydrogen (secondary N) is 2. The fourth-order valence-corrected chi connectivity index (χ4v) is 2.75. The molecule has 1 aliphatic carbocycles. The van der Waals surface area contributed by atoms with Gasteiger partial charge in [-0.15, -0.1) is 0 Å². The van der Waals surface area contributed by atoms with Crippen molar-refractivity contribution in [1.29, 1.82) is 0 Å². The molecule has 0 aliphatic heterocycles. The van der Waals surface area contributed by atoms with Gasteiger partial charge in [0.25, 0.3) is 0 Å². The molecule has 6 heteroatoms. The van der Waals surface area contributed by atoms with Crippen LogP contribution in [0.4, 0.5) is 5.69 Å². The Bertz CT molecular complexity index is 774. The van der Waals surface area contributed by atoms with E-state index < -0.39 is 5.41 Å². The molecular weight excluding hydrogens is 347 g/mol. The van der Waals surface area contributed by atoms with Crippen molar-refractivity contribution in [3.63, 3.8) is 0 Å². The predicted octanol–water partition coefficient (Wildman–Crippen LogP) is 4.03. The Labute approximate surface area is 150 Å². The lowest BCUT2D eigenvalue weighted by Crippen LogP contribution is -2.39. The Morgan fingerprint density at radius 1 is 0.958 bits per heavy atom. The van der Waals surface area contributed by atoms with E-state index in [2.05, 4.69) is 10.6 Å². The van der Waals surface area contributed by atoms with Gasteiger partial charge in [-0.3, -0.25) is 9.59 Å². The summed E-state index contributed by atoms with van der Waals surface area (Å²) in [5.41, 5.74) is 0.532. The van der Waals surface area contributed by atoms with Gasteiger partial charge < -0.3 is 10.6 Å². The van der Waals surface area contributed by atoms with Gasteiger partial charge in [0, 0.05) is 12.2 Å². The average Bonchev–Trinajstić information content (AvgIpc) is 3.39. The Balaban J connectivity index is 1.63. The topological polar surface area (TPSA) is 58.2 Å². The molecule has 2 aromatic carbocycles. The molecule has 0 radical (unpaired) electrons. The lowest BCUT2D eigenvalue weighted by molar-refractivity contribution is -0.134. The molecule has 0 atom stereocenters. The van der Waals surface area contributed by atoms with Crippen molar-refractivity contribution in [2.45, 2.75) is 19.4 Å². The molecule has 0 heterocycles. The summed E-state index contributed by atoms with van der Waals surface area (Å²) in [5, 5.41) is 6.36. The van der Waals surface area contributed by atoms with Crippen LogP contribution in [0.5, 0.6) is 0 Å². The monoisotopic (exact) mass is 362 g/mol. The highest BCUT2D eigenvalue weighted by Crippen LogP contribution is 2.47. The third-order valence-electron chi connectivity index (χ3n) is 4.09. The van der Waals surface area contributed by atoms with E-state index in [-0.39, 0.29) is 11.8 Å². The molecule has 0 unspecified atom stereocenters. The van der Waals surface area contributed by atoms with Crippen molar-refractivity contribution in [3.05, 3.63) is 64.1 Å². The van der Waals surface area contributed by atoms with Crippen molar-refractivity contribution < 1.29 is 9.59 Å². The Kier molecular flexibility index (Phi) is 4.78. The van der Waals surface area contributed by atoms with Crippen LogP contribution >= 0.6 is 23.2 Å². The molecule has 3 rings (SSSR count). The number of anilines is 1. The van der Waals surface area contributed by atoms with E-state index in [1.165, 1.54) is 0 Å². The van der Waals surface area contributed by atoms with E-state index in [4.69, 9.17) is 23.2 Å². The Morgan fingerprint density at radius 3 is 2.29 bits per heavy atom. The normalized spacial score (nSPS) is 14.8. The zero-order valence-electron chi connectivity index (χ0n) is 12.8. The van der Waals surface area contributed by atoms with Crippen molar-refractivity contribution in [2.75, 3.05) is 5.32 Å². The second kappa shape index (κ2) is 6.83. The molecule has 124 valence electrons. The quantitative estimate of drug-likeness (QED) is 0.788. The molecule has 1 aliphatic rings. The molecule has 4 nitrogen and oxygen atoms in total. The van der Waals surface area contributed by atoms with Crippen LogP contribution in [0.3, 0.4) is 0 Å². The van der Waals surface area contributed by atoms with Crippen LogP contribution in [-0.4, -0.2) is 11.8 Å². The minimum Gasteiger partial charge on any atom is -0.351 e.